The molecule has 0 saturated carbocycles. The monoisotopic (exact) mass is 542 g/mol. The van der Waals surface area contributed by atoms with Crippen molar-refractivity contribution in [2.45, 2.75) is 6.92 Å². The molecule has 1 fully saturated rings. The number of nitrogens with zero attached hydrogens (tertiary/aromatic N) is 1. The fraction of sp³-hybridized carbons (Fsp3) is 0.115. The van der Waals surface area contributed by atoms with Crippen molar-refractivity contribution in [3.8, 4) is 11.5 Å². The second kappa shape index (κ2) is 11.6. The topological polar surface area (TPSA) is 67.9 Å². The Morgan fingerprint density at radius 2 is 1.92 bits per heavy atom. The highest BCUT2D eigenvalue weighted by atomic mass is 35.5. The van der Waals surface area contributed by atoms with Crippen molar-refractivity contribution in [2.24, 2.45) is 0 Å². The molecular weight excluding hydrogens is 523 g/mol. The van der Waals surface area contributed by atoms with Crippen LogP contribution in [0.1, 0.15) is 12.5 Å². The van der Waals surface area contributed by atoms with Gasteiger partial charge in [0.25, 0.3) is 11.8 Å². The molecule has 1 saturated heterocycles. The van der Waals surface area contributed by atoms with Gasteiger partial charge >= 0.3 is 0 Å². The van der Waals surface area contributed by atoms with E-state index in [-0.39, 0.29) is 18.4 Å². The highest BCUT2D eigenvalue weighted by Gasteiger charge is 2.33. The maximum Gasteiger partial charge on any atom is 0.270 e. The van der Waals surface area contributed by atoms with Gasteiger partial charge in [0, 0.05) is 10.7 Å². The molecule has 1 N–H and O–H groups in total. The zero-order valence-corrected chi connectivity index (χ0v) is 21.4. The average molecular weight is 543 g/mol. The largest absolute Gasteiger partial charge is 0.490 e. The second-order valence-corrected chi connectivity index (χ2v) is 9.60. The van der Waals surface area contributed by atoms with E-state index in [0.29, 0.717) is 49.3 Å². The third-order valence-corrected chi connectivity index (χ3v) is 6.43. The molecule has 1 aliphatic heterocycles. The molecule has 3 aromatic carbocycles. The van der Waals surface area contributed by atoms with E-state index >= 15 is 0 Å². The summed E-state index contributed by atoms with van der Waals surface area (Å²) in [7, 11) is 0. The fourth-order valence-corrected chi connectivity index (χ4v) is 4.85. The molecular formula is C26H20ClFN2O4S2. The number of carbonyl (C=O) groups is 2. The Morgan fingerprint density at radius 3 is 2.67 bits per heavy atom. The van der Waals surface area contributed by atoms with Crippen molar-refractivity contribution in [3.63, 3.8) is 0 Å². The predicted molar refractivity (Wildman–Crippen MR) is 145 cm³/mol. The van der Waals surface area contributed by atoms with Crippen LogP contribution in [0.5, 0.6) is 11.5 Å². The van der Waals surface area contributed by atoms with Gasteiger partial charge in [-0.15, -0.1) is 0 Å². The summed E-state index contributed by atoms with van der Waals surface area (Å²) >= 11 is 12.4. The zero-order valence-electron chi connectivity index (χ0n) is 19.0. The van der Waals surface area contributed by atoms with Gasteiger partial charge in [-0.1, -0.05) is 53.8 Å². The number of hydrogen-bond donors (Lipinski definition) is 1. The van der Waals surface area contributed by atoms with Crippen LogP contribution in [0.15, 0.2) is 71.6 Å². The number of nitrogens with one attached hydrogen (secondary N) is 1. The highest BCUT2D eigenvalue weighted by molar-refractivity contribution is 8.27. The zero-order chi connectivity index (χ0) is 25.7. The molecule has 10 heteroatoms. The van der Waals surface area contributed by atoms with Crippen LogP contribution in [0, 0.1) is 5.82 Å². The summed E-state index contributed by atoms with van der Waals surface area (Å²) in [6.45, 7) is 1.96. The number of thioether (sulfide) groups is 1. The number of carbonyl (C=O) groups excluding carboxylic acids is 2. The van der Waals surface area contributed by atoms with Gasteiger partial charge in [0.05, 0.1) is 17.2 Å². The van der Waals surface area contributed by atoms with Crippen molar-refractivity contribution >= 4 is 69.2 Å². The lowest BCUT2D eigenvalue weighted by Gasteiger charge is -2.14. The Morgan fingerprint density at radius 1 is 1.11 bits per heavy atom. The van der Waals surface area contributed by atoms with Gasteiger partial charge in [-0.2, -0.15) is 0 Å². The Bertz CT molecular complexity index is 1370. The molecule has 0 atom stereocenters. The second-order valence-electron chi connectivity index (χ2n) is 7.48. The first kappa shape index (κ1) is 25.7. The maximum absolute atomic E-state index is 13.7. The van der Waals surface area contributed by atoms with E-state index in [0.717, 1.165) is 11.8 Å². The molecule has 2 amide bonds. The number of anilines is 2. The standard InChI is InChI=1S/C26H20ClFN2O4S2/c1-2-33-22-11-16(9-10-21(22)34-15-24(31)29-19-7-3-5-17(27)13-19)12-23-25(32)30(26(35)36-23)20-8-4-6-18(28)14-20/h3-14H,2,15H2,1H3,(H,29,31)/b23-12-. The smallest absolute Gasteiger partial charge is 0.270 e. The maximum atomic E-state index is 13.7. The van der Waals surface area contributed by atoms with Gasteiger partial charge in [0.1, 0.15) is 5.82 Å². The summed E-state index contributed by atoms with van der Waals surface area (Å²) in [6, 6.07) is 17.6. The van der Waals surface area contributed by atoms with Crippen molar-refractivity contribution in [2.75, 3.05) is 23.4 Å². The van der Waals surface area contributed by atoms with Gasteiger partial charge in [-0.3, -0.25) is 14.5 Å². The lowest BCUT2D eigenvalue weighted by atomic mass is 10.1. The number of rotatable bonds is 8. The van der Waals surface area contributed by atoms with E-state index in [9.17, 15) is 14.0 Å². The molecule has 0 spiro atoms. The van der Waals surface area contributed by atoms with E-state index in [1.165, 1.54) is 23.1 Å². The Kier molecular flexibility index (Phi) is 8.25. The molecule has 0 aliphatic carbocycles. The molecule has 36 heavy (non-hydrogen) atoms. The average Bonchev–Trinajstić information content (AvgIpc) is 3.11. The Labute approximate surface area is 222 Å². The SMILES string of the molecule is CCOc1cc(/C=C2\SC(=S)N(c3cccc(F)c3)C2=O)ccc1OCC(=O)Nc1cccc(Cl)c1. The molecule has 1 aliphatic rings. The summed E-state index contributed by atoms with van der Waals surface area (Å²) in [5.41, 5.74) is 1.61. The van der Waals surface area contributed by atoms with Crippen LogP contribution in [0.4, 0.5) is 15.8 Å². The minimum atomic E-state index is -0.455. The molecule has 4 rings (SSSR count). The minimum absolute atomic E-state index is 0.238. The third kappa shape index (κ3) is 6.23. The van der Waals surface area contributed by atoms with Gasteiger partial charge in [-0.25, -0.2) is 4.39 Å². The van der Waals surface area contributed by atoms with Gasteiger partial charge in [0.15, 0.2) is 22.4 Å². The summed E-state index contributed by atoms with van der Waals surface area (Å²) in [5, 5.41) is 3.22. The first-order valence-electron chi connectivity index (χ1n) is 10.8. The van der Waals surface area contributed by atoms with E-state index in [1.807, 2.05) is 6.92 Å². The highest BCUT2D eigenvalue weighted by Crippen LogP contribution is 2.37. The molecule has 0 unspecified atom stereocenters. The molecule has 0 radical (unpaired) electrons. The van der Waals surface area contributed by atoms with Crippen LogP contribution in [0.25, 0.3) is 6.08 Å². The van der Waals surface area contributed by atoms with Crippen LogP contribution in [0.2, 0.25) is 5.02 Å². The number of benzene rings is 3. The summed E-state index contributed by atoms with van der Waals surface area (Å²) in [5.74, 6) is -0.356. The van der Waals surface area contributed by atoms with E-state index in [2.05, 4.69) is 5.32 Å². The summed E-state index contributed by atoms with van der Waals surface area (Å²) in [4.78, 5) is 27.0. The van der Waals surface area contributed by atoms with Gasteiger partial charge < -0.3 is 14.8 Å². The van der Waals surface area contributed by atoms with Crippen molar-refractivity contribution < 1.29 is 23.5 Å². The van der Waals surface area contributed by atoms with E-state index in [1.54, 1.807) is 54.6 Å². The number of thiocarbonyl (C=S) groups is 1. The third-order valence-electron chi connectivity index (χ3n) is 4.89. The summed E-state index contributed by atoms with van der Waals surface area (Å²) < 4.78 is 25.3. The van der Waals surface area contributed by atoms with Crippen molar-refractivity contribution in [1.82, 2.24) is 0 Å². The van der Waals surface area contributed by atoms with Crippen molar-refractivity contribution in [3.05, 3.63) is 88.0 Å². The molecule has 0 bridgehead atoms. The number of amides is 2. The predicted octanol–water partition coefficient (Wildman–Crippen LogP) is 6.30. The summed E-state index contributed by atoms with van der Waals surface area (Å²) in [6.07, 6.45) is 1.68. The normalized spacial score (nSPS) is 14.3. The molecule has 6 nitrogen and oxygen atoms in total. The lowest BCUT2D eigenvalue weighted by Crippen LogP contribution is -2.27. The first-order valence-corrected chi connectivity index (χ1v) is 12.4. The first-order chi connectivity index (χ1) is 17.3. The van der Waals surface area contributed by atoms with Crippen LogP contribution in [0.3, 0.4) is 0 Å². The van der Waals surface area contributed by atoms with Crippen LogP contribution in [-0.2, 0) is 9.59 Å². The number of hydrogen-bond acceptors (Lipinski definition) is 6. The van der Waals surface area contributed by atoms with E-state index in [4.69, 9.17) is 33.3 Å². The number of halogens is 2. The van der Waals surface area contributed by atoms with Crippen molar-refractivity contribution in [1.29, 1.82) is 0 Å². The fourth-order valence-electron chi connectivity index (χ4n) is 3.37. The molecule has 3 aromatic rings. The van der Waals surface area contributed by atoms with E-state index < -0.39 is 5.82 Å². The Balaban J connectivity index is 1.48. The minimum Gasteiger partial charge on any atom is -0.490 e. The van der Waals surface area contributed by atoms with Crippen LogP contribution >= 0.6 is 35.6 Å². The van der Waals surface area contributed by atoms with Crippen LogP contribution < -0.4 is 19.7 Å². The number of ether oxygens (including phenoxy) is 2. The van der Waals surface area contributed by atoms with Crippen LogP contribution in [-0.4, -0.2) is 29.3 Å². The van der Waals surface area contributed by atoms with Gasteiger partial charge in [0.2, 0.25) is 0 Å². The molecule has 1 heterocycles. The quantitative estimate of drug-likeness (QED) is 0.266. The lowest BCUT2D eigenvalue weighted by molar-refractivity contribution is -0.118. The molecule has 0 aromatic heterocycles. The molecule has 184 valence electrons. The Hall–Kier alpha value is -3.40. The van der Waals surface area contributed by atoms with Gasteiger partial charge in [-0.05, 0) is 67.1 Å².